The van der Waals surface area contributed by atoms with Crippen LogP contribution in [0, 0.1) is 5.92 Å². The SMILES string of the molecule is CN=C(NCCN1C(=O)Cc2ccccc21)N1CCC(COC)C1. The fourth-order valence-electron chi connectivity index (χ4n) is 3.57. The zero-order valence-electron chi connectivity index (χ0n) is 14.5. The molecule has 130 valence electrons. The highest BCUT2D eigenvalue weighted by Gasteiger charge is 2.27. The van der Waals surface area contributed by atoms with Crippen molar-refractivity contribution in [1.82, 2.24) is 10.2 Å². The molecule has 0 aliphatic carbocycles. The lowest BCUT2D eigenvalue weighted by molar-refractivity contribution is -0.117. The maximum atomic E-state index is 12.2. The maximum Gasteiger partial charge on any atom is 0.231 e. The molecule has 0 spiro atoms. The van der Waals surface area contributed by atoms with Crippen LogP contribution in [-0.4, -0.2) is 63.7 Å². The second-order valence-electron chi connectivity index (χ2n) is 6.38. The minimum Gasteiger partial charge on any atom is -0.384 e. The summed E-state index contributed by atoms with van der Waals surface area (Å²) in [5, 5.41) is 3.39. The Bertz CT molecular complexity index is 617. The average Bonchev–Trinajstić information content (AvgIpc) is 3.16. The molecule has 2 heterocycles. The van der Waals surface area contributed by atoms with Crippen molar-refractivity contribution in [2.24, 2.45) is 10.9 Å². The number of methoxy groups -OCH3 is 1. The minimum atomic E-state index is 0.175. The van der Waals surface area contributed by atoms with E-state index in [0.717, 1.165) is 43.3 Å². The van der Waals surface area contributed by atoms with E-state index < -0.39 is 0 Å². The summed E-state index contributed by atoms with van der Waals surface area (Å²) in [4.78, 5) is 20.7. The van der Waals surface area contributed by atoms with E-state index in [1.807, 2.05) is 36.2 Å². The highest BCUT2D eigenvalue weighted by Crippen LogP contribution is 2.27. The zero-order chi connectivity index (χ0) is 16.9. The van der Waals surface area contributed by atoms with E-state index in [0.29, 0.717) is 25.4 Å². The van der Waals surface area contributed by atoms with Gasteiger partial charge in [0.1, 0.15) is 0 Å². The quantitative estimate of drug-likeness (QED) is 0.649. The molecule has 1 saturated heterocycles. The molecule has 1 amide bonds. The van der Waals surface area contributed by atoms with Crippen LogP contribution in [0.25, 0.3) is 0 Å². The van der Waals surface area contributed by atoms with Crippen LogP contribution in [0.15, 0.2) is 29.3 Å². The number of carbonyl (C=O) groups is 1. The number of anilines is 1. The van der Waals surface area contributed by atoms with Crippen molar-refractivity contribution in [3.63, 3.8) is 0 Å². The number of nitrogens with zero attached hydrogens (tertiary/aromatic N) is 3. The Balaban J connectivity index is 1.52. The summed E-state index contributed by atoms with van der Waals surface area (Å²) in [7, 11) is 3.56. The van der Waals surface area contributed by atoms with E-state index in [1.165, 1.54) is 0 Å². The van der Waals surface area contributed by atoms with Gasteiger partial charge in [0.05, 0.1) is 13.0 Å². The third-order valence-electron chi connectivity index (χ3n) is 4.74. The molecule has 1 atom stereocenters. The highest BCUT2D eigenvalue weighted by atomic mass is 16.5. The third kappa shape index (κ3) is 3.53. The molecule has 2 aliphatic heterocycles. The number of carbonyl (C=O) groups excluding carboxylic acids is 1. The number of ether oxygens (including phenoxy) is 1. The Morgan fingerprint density at radius 1 is 1.42 bits per heavy atom. The Kier molecular flexibility index (Phi) is 5.35. The molecule has 1 aromatic carbocycles. The predicted molar refractivity (Wildman–Crippen MR) is 95.4 cm³/mol. The molecule has 6 heteroatoms. The molecule has 0 saturated carbocycles. The van der Waals surface area contributed by atoms with Crippen molar-refractivity contribution in [2.75, 3.05) is 51.8 Å². The second kappa shape index (κ2) is 7.66. The van der Waals surface area contributed by atoms with E-state index in [-0.39, 0.29) is 5.91 Å². The lowest BCUT2D eigenvalue weighted by Gasteiger charge is -2.23. The van der Waals surface area contributed by atoms with Crippen molar-refractivity contribution < 1.29 is 9.53 Å². The summed E-state index contributed by atoms with van der Waals surface area (Å²) < 4.78 is 5.25. The number of likely N-dealkylation sites (tertiary alicyclic amines) is 1. The predicted octanol–water partition coefficient (Wildman–Crippen LogP) is 1.12. The molecule has 0 bridgehead atoms. The smallest absolute Gasteiger partial charge is 0.231 e. The molecule has 0 radical (unpaired) electrons. The topological polar surface area (TPSA) is 57.2 Å². The van der Waals surface area contributed by atoms with E-state index in [1.54, 1.807) is 7.11 Å². The number of hydrogen-bond acceptors (Lipinski definition) is 3. The molecular formula is C18H26N4O2. The van der Waals surface area contributed by atoms with Gasteiger partial charge in [-0.3, -0.25) is 9.79 Å². The minimum absolute atomic E-state index is 0.175. The summed E-state index contributed by atoms with van der Waals surface area (Å²) in [5.74, 6) is 1.66. The van der Waals surface area contributed by atoms with Gasteiger partial charge in [-0.15, -0.1) is 0 Å². The molecule has 1 unspecified atom stereocenters. The normalized spacial score (nSPS) is 20.7. The number of para-hydroxylation sites is 1. The standard InChI is InChI=1S/C18H26N4O2/c1-19-18(21-9-7-14(12-21)13-24-2)20-8-10-22-16-6-4-3-5-15(16)11-17(22)23/h3-6,14H,7-13H2,1-2H3,(H,19,20). The molecule has 0 aromatic heterocycles. The van der Waals surface area contributed by atoms with Crippen LogP contribution < -0.4 is 10.2 Å². The first-order valence-electron chi connectivity index (χ1n) is 8.55. The van der Waals surface area contributed by atoms with Gasteiger partial charge >= 0.3 is 0 Å². The molecule has 1 N–H and O–H groups in total. The van der Waals surface area contributed by atoms with Crippen LogP contribution in [0.3, 0.4) is 0 Å². The van der Waals surface area contributed by atoms with Gasteiger partial charge in [0.25, 0.3) is 0 Å². The largest absolute Gasteiger partial charge is 0.384 e. The first-order valence-corrected chi connectivity index (χ1v) is 8.55. The van der Waals surface area contributed by atoms with Crippen LogP contribution in [0.2, 0.25) is 0 Å². The van der Waals surface area contributed by atoms with Gasteiger partial charge in [0.15, 0.2) is 5.96 Å². The highest BCUT2D eigenvalue weighted by molar-refractivity contribution is 6.01. The van der Waals surface area contributed by atoms with Crippen LogP contribution in [0.4, 0.5) is 5.69 Å². The third-order valence-corrected chi connectivity index (χ3v) is 4.74. The fourth-order valence-corrected chi connectivity index (χ4v) is 3.57. The van der Waals surface area contributed by atoms with E-state index in [2.05, 4.69) is 15.2 Å². The Labute approximate surface area is 143 Å². The molecule has 2 aliphatic rings. The molecule has 3 rings (SSSR count). The Morgan fingerprint density at radius 2 is 2.25 bits per heavy atom. The van der Waals surface area contributed by atoms with Crippen LogP contribution in [0.1, 0.15) is 12.0 Å². The number of nitrogens with one attached hydrogen (secondary N) is 1. The lowest BCUT2D eigenvalue weighted by Crippen LogP contribution is -2.44. The summed E-state index contributed by atoms with van der Waals surface area (Å²) in [6, 6.07) is 8.01. The first kappa shape index (κ1) is 16.8. The Morgan fingerprint density at radius 3 is 3.04 bits per heavy atom. The van der Waals surface area contributed by atoms with Gasteiger partial charge in [-0.2, -0.15) is 0 Å². The first-order chi connectivity index (χ1) is 11.7. The number of fused-ring (bicyclic) bond motifs is 1. The molecule has 1 fully saturated rings. The fraction of sp³-hybridized carbons (Fsp3) is 0.556. The van der Waals surface area contributed by atoms with Crippen molar-refractivity contribution in [3.8, 4) is 0 Å². The number of guanidine groups is 1. The van der Waals surface area contributed by atoms with Crippen LogP contribution in [-0.2, 0) is 16.0 Å². The van der Waals surface area contributed by atoms with Gasteiger partial charge in [0.2, 0.25) is 5.91 Å². The van der Waals surface area contributed by atoms with E-state index in [4.69, 9.17) is 4.74 Å². The molecule has 24 heavy (non-hydrogen) atoms. The monoisotopic (exact) mass is 330 g/mol. The van der Waals surface area contributed by atoms with Crippen molar-refractivity contribution >= 4 is 17.6 Å². The van der Waals surface area contributed by atoms with Gasteiger partial charge in [-0.05, 0) is 18.1 Å². The van der Waals surface area contributed by atoms with E-state index >= 15 is 0 Å². The molecule has 6 nitrogen and oxygen atoms in total. The number of amides is 1. The summed E-state index contributed by atoms with van der Waals surface area (Å²) >= 11 is 0. The summed E-state index contributed by atoms with van der Waals surface area (Å²) in [6.45, 7) is 4.12. The van der Waals surface area contributed by atoms with Crippen molar-refractivity contribution in [3.05, 3.63) is 29.8 Å². The molecular weight excluding hydrogens is 304 g/mol. The summed E-state index contributed by atoms with van der Waals surface area (Å²) in [6.07, 6.45) is 1.64. The maximum absolute atomic E-state index is 12.2. The Hall–Kier alpha value is -2.08. The van der Waals surface area contributed by atoms with Gasteiger partial charge in [-0.25, -0.2) is 0 Å². The second-order valence-corrected chi connectivity index (χ2v) is 6.38. The van der Waals surface area contributed by atoms with Gasteiger partial charge < -0.3 is 19.9 Å². The average molecular weight is 330 g/mol. The number of benzene rings is 1. The van der Waals surface area contributed by atoms with Gasteiger partial charge in [0, 0.05) is 51.9 Å². The van der Waals surface area contributed by atoms with Crippen LogP contribution in [0.5, 0.6) is 0 Å². The van der Waals surface area contributed by atoms with E-state index in [9.17, 15) is 4.79 Å². The van der Waals surface area contributed by atoms with Crippen LogP contribution >= 0.6 is 0 Å². The zero-order valence-corrected chi connectivity index (χ0v) is 14.5. The van der Waals surface area contributed by atoms with Crippen molar-refractivity contribution in [1.29, 1.82) is 0 Å². The van der Waals surface area contributed by atoms with Crippen molar-refractivity contribution in [2.45, 2.75) is 12.8 Å². The summed E-state index contributed by atoms with van der Waals surface area (Å²) in [5.41, 5.74) is 2.16. The molecule has 1 aromatic rings. The van der Waals surface area contributed by atoms with Gasteiger partial charge in [-0.1, -0.05) is 18.2 Å². The number of rotatable bonds is 5. The number of hydrogen-bond donors (Lipinski definition) is 1. The lowest BCUT2D eigenvalue weighted by atomic mass is 10.1. The number of aliphatic imine (C=N–C) groups is 1.